The van der Waals surface area contributed by atoms with Gasteiger partial charge in [-0.1, -0.05) is 11.8 Å². The summed E-state index contributed by atoms with van der Waals surface area (Å²) in [5.74, 6) is 6.05. The van der Waals surface area contributed by atoms with Crippen LogP contribution in [0.4, 0.5) is 0 Å². The number of nitrogens with zero attached hydrogens (tertiary/aromatic N) is 1. The molecule has 1 saturated heterocycles. The van der Waals surface area contributed by atoms with Crippen LogP contribution in [0.2, 0.25) is 0 Å². The van der Waals surface area contributed by atoms with E-state index in [2.05, 4.69) is 35.9 Å². The SMILES string of the molecule is CN(Cc1ccc(C#CCCO)s1)CC1CCCCO1. The van der Waals surface area contributed by atoms with Gasteiger partial charge in [0.15, 0.2) is 0 Å². The number of hydrogen-bond acceptors (Lipinski definition) is 4. The minimum Gasteiger partial charge on any atom is -0.395 e. The average Bonchev–Trinajstić information content (AvgIpc) is 2.87. The van der Waals surface area contributed by atoms with E-state index in [1.807, 2.05) is 0 Å². The Balaban J connectivity index is 1.79. The van der Waals surface area contributed by atoms with E-state index in [1.54, 1.807) is 11.3 Å². The first-order chi connectivity index (χ1) is 9.78. The van der Waals surface area contributed by atoms with Crippen LogP contribution in [0, 0.1) is 11.8 Å². The predicted octanol–water partition coefficient (Wildman–Crippen LogP) is 2.48. The third-order valence-electron chi connectivity index (χ3n) is 3.33. The van der Waals surface area contributed by atoms with Gasteiger partial charge >= 0.3 is 0 Å². The van der Waals surface area contributed by atoms with Crippen molar-refractivity contribution in [2.75, 3.05) is 26.8 Å². The minimum atomic E-state index is 0.134. The maximum atomic E-state index is 8.71. The first-order valence-electron chi connectivity index (χ1n) is 7.26. The average molecular weight is 293 g/mol. The lowest BCUT2D eigenvalue weighted by Gasteiger charge is -2.27. The lowest BCUT2D eigenvalue weighted by Crippen LogP contribution is -2.32. The van der Waals surface area contributed by atoms with Crippen molar-refractivity contribution >= 4 is 11.3 Å². The molecule has 2 rings (SSSR count). The van der Waals surface area contributed by atoms with E-state index in [1.165, 1.54) is 24.1 Å². The second kappa shape index (κ2) is 8.43. The molecule has 1 aromatic heterocycles. The summed E-state index contributed by atoms with van der Waals surface area (Å²) in [4.78, 5) is 4.74. The van der Waals surface area contributed by atoms with Crippen LogP contribution >= 0.6 is 11.3 Å². The topological polar surface area (TPSA) is 32.7 Å². The number of aliphatic hydroxyl groups excluding tert-OH is 1. The number of thiophene rings is 1. The Morgan fingerprint density at radius 2 is 2.35 bits per heavy atom. The summed E-state index contributed by atoms with van der Waals surface area (Å²) in [6.07, 6.45) is 4.64. The molecule has 0 saturated carbocycles. The number of hydrogen-bond donors (Lipinski definition) is 1. The molecule has 0 aliphatic carbocycles. The summed E-state index contributed by atoms with van der Waals surface area (Å²) < 4.78 is 5.77. The normalized spacial score (nSPS) is 18.9. The van der Waals surface area contributed by atoms with E-state index in [0.717, 1.165) is 24.6 Å². The van der Waals surface area contributed by atoms with E-state index in [0.29, 0.717) is 12.5 Å². The van der Waals surface area contributed by atoms with Gasteiger partial charge in [0.05, 0.1) is 17.6 Å². The van der Waals surface area contributed by atoms with Gasteiger partial charge in [-0.25, -0.2) is 0 Å². The third kappa shape index (κ3) is 5.26. The highest BCUT2D eigenvalue weighted by Gasteiger charge is 2.16. The Kier molecular flexibility index (Phi) is 6.55. The van der Waals surface area contributed by atoms with Gasteiger partial charge < -0.3 is 9.84 Å². The van der Waals surface area contributed by atoms with E-state index >= 15 is 0 Å². The fourth-order valence-corrected chi connectivity index (χ4v) is 3.33. The van der Waals surface area contributed by atoms with Gasteiger partial charge in [-0.05, 0) is 38.4 Å². The van der Waals surface area contributed by atoms with Crippen molar-refractivity contribution in [1.82, 2.24) is 4.90 Å². The molecule has 0 amide bonds. The molecule has 0 radical (unpaired) electrons. The zero-order valence-corrected chi connectivity index (χ0v) is 12.9. The molecular formula is C16H23NO2S. The molecule has 0 spiro atoms. The van der Waals surface area contributed by atoms with Gasteiger partial charge in [-0.2, -0.15) is 0 Å². The largest absolute Gasteiger partial charge is 0.395 e. The van der Waals surface area contributed by atoms with Gasteiger partial charge in [-0.15, -0.1) is 11.3 Å². The number of ether oxygens (including phenoxy) is 1. The molecule has 110 valence electrons. The first kappa shape index (κ1) is 15.5. The summed E-state index contributed by atoms with van der Waals surface area (Å²) in [7, 11) is 2.15. The lowest BCUT2D eigenvalue weighted by atomic mass is 10.1. The summed E-state index contributed by atoms with van der Waals surface area (Å²) in [5, 5.41) is 8.71. The summed E-state index contributed by atoms with van der Waals surface area (Å²) in [6, 6.07) is 4.21. The smallest absolute Gasteiger partial charge is 0.0771 e. The van der Waals surface area contributed by atoms with E-state index < -0.39 is 0 Å². The van der Waals surface area contributed by atoms with Crippen LogP contribution in [0.5, 0.6) is 0 Å². The first-order valence-corrected chi connectivity index (χ1v) is 8.08. The summed E-state index contributed by atoms with van der Waals surface area (Å²) in [5.41, 5.74) is 0. The summed E-state index contributed by atoms with van der Waals surface area (Å²) in [6.45, 7) is 3.01. The Morgan fingerprint density at radius 3 is 3.10 bits per heavy atom. The number of aliphatic hydroxyl groups is 1. The van der Waals surface area contributed by atoms with Crippen molar-refractivity contribution in [2.24, 2.45) is 0 Å². The van der Waals surface area contributed by atoms with Crippen LogP contribution in [0.25, 0.3) is 0 Å². The molecule has 20 heavy (non-hydrogen) atoms. The maximum Gasteiger partial charge on any atom is 0.0771 e. The highest BCUT2D eigenvalue weighted by molar-refractivity contribution is 7.12. The van der Waals surface area contributed by atoms with Crippen molar-refractivity contribution in [3.05, 3.63) is 21.9 Å². The highest BCUT2D eigenvalue weighted by Crippen LogP contribution is 2.19. The summed E-state index contributed by atoms with van der Waals surface area (Å²) >= 11 is 1.74. The highest BCUT2D eigenvalue weighted by atomic mass is 32.1. The van der Waals surface area contributed by atoms with Crippen molar-refractivity contribution in [3.63, 3.8) is 0 Å². The second-order valence-electron chi connectivity index (χ2n) is 5.23. The lowest BCUT2D eigenvalue weighted by molar-refractivity contribution is -0.00245. The quantitative estimate of drug-likeness (QED) is 0.847. The van der Waals surface area contributed by atoms with Crippen LogP contribution in [0.3, 0.4) is 0 Å². The predicted molar refractivity (Wildman–Crippen MR) is 82.8 cm³/mol. The van der Waals surface area contributed by atoms with Crippen LogP contribution in [-0.2, 0) is 11.3 Å². The molecule has 3 nitrogen and oxygen atoms in total. The van der Waals surface area contributed by atoms with E-state index in [9.17, 15) is 0 Å². The van der Waals surface area contributed by atoms with Crippen molar-refractivity contribution in [1.29, 1.82) is 0 Å². The van der Waals surface area contributed by atoms with Gasteiger partial charge in [0, 0.05) is 31.0 Å². The molecule has 1 N–H and O–H groups in total. The molecule has 4 heteroatoms. The zero-order valence-electron chi connectivity index (χ0n) is 12.1. The van der Waals surface area contributed by atoms with E-state index in [4.69, 9.17) is 9.84 Å². The van der Waals surface area contributed by atoms with Crippen LogP contribution in [0.1, 0.15) is 35.4 Å². The third-order valence-corrected chi connectivity index (χ3v) is 4.31. The fraction of sp³-hybridized carbons (Fsp3) is 0.625. The fourth-order valence-electron chi connectivity index (χ4n) is 2.37. The molecule has 0 aromatic carbocycles. The zero-order chi connectivity index (χ0) is 14.2. The maximum absolute atomic E-state index is 8.71. The molecule has 1 aliphatic rings. The van der Waals surface area contributed by atoms with Gasteiger partial charge in [0.2, 0.25) is 0 Å². The van der Waals surface area contributed by atoms with Gasteiger partial charge in [0.25, 0.3) is 0 Å². The monoisotopic (exact) mass is 293 g/mol. The molecule has 1 unspecified atom stereocenters. The van der Waals surface area contributed by atoms with Crippen LogP contribution < -0.4 is 0 Å². The number of rotatable bonds is 5. The minimum absolute atomic E-state index is 0.134. The Morgan fingerprint density at radius 1 is 1.45 bits per heavy atom. The molecule has 1 atom stereocenters. The van der Waals surface area contributed by atoms with Crippen molar-refractivity contribution in [3.8, 4) is 11.8 Å². The molecular weight excluding hydrogens is 270 g/mol. The van der Waals surface area contributed by atoms with Crippen LogP contribution in [-0.4, -0.2) is 42.9 Å². The molecule has 0 bridgehead atoms. The molecule has 1 fully saturated rings. The molecule has 2 heterocycles. The Labute approximate surface area is 125 Å². The van der Waals surface area contributed by atoms with Gasteiger partial charge in [-0.3, -0.25) is 4.90 Å². The van der Waals surface area contributed by atoms with Gasteiger partial charge in [0.1, 0.15) is 0 Å². The van der Waals surface area contributed by atoms with Crippen molar-refractivity contribution < 1.29 is 9.84 Å². The van der Waals surface area contributed by atoms with Crippen molar-refractivity contribution in [2.45, 2.75) is 38.3 Å². The standard InChI is InChI=1S/C16H23NO2S/c1-17(12-14-6-3-5-11-19-14)13-16-9-8-15(20-16)7-2-4-10-18/h8-9,14,18H,3-6,10-13H2,1H3. The second-order valence-corrected chi connectivity index (χ2v) is 6.40. The van der Waals surface area contributed by atoms with E-state index in [-0.39, 0.29) is 6.61 Å². The Hall–Kier alpha value is -0.860. The molecule has 1 aliphatic heterocycles. The number of likely N-dealkylation sites (N-methyl/N-ethyl adjacent to an activating group) is 1. The Bertz CT molecular complexity index is 455. The van der Waals surface area contributed by atoms with Crippen LogP contribution in [0.15, 0.2) is 12.1 Å². The molecule has 1 aromatic rings.